The Morgan fingerprint density at radius 2 is 1.87 bits per heavy atom. The quantitative estimate of drug-likeness (QED) is 0.890. The Morgan fingerprint density at radius 3 is 2.48 bits per heavy atom. The standard InChI is InChI=1S/C18H22N2O3/c1-12-7-5-8-13(2)15(12)23-16-14(9-6-10-19-16)11-20-17(21)18(3,4)22/h5-10,22H,11H2,1-4H3,(H,20,21). The highest BCUT2D eigenvalue weighted by molar-refractivity contribution is 5.83. The lowest BCUT2D eigenvalue weighted by molar-refractivity contribution is -0.136. The largest absolute Gasteiger partial charge is 0.438 e. The molecule has 5 heteroatoms. The van der Waals surface area contributed by atoms with E-state index in [-0.39, 0.29) is 6.54 Å². The van der Waals surface area contributed by atoms with Crippen molar-refractivity contribution >= 4 is 5.91 Å². The zero-order valence-corrected chi connectivity index (χ0v) is 13.9. The molecule has 0 radical (unpaired) electrons. The fourth-order valence-corrected chi connectivity index (χ4v) is 2.10. The first-order valence-corrected chi connectivity index (χ1v) is 7.47. The molecule has 0 saturated carbocycles. The molecule has 5 nitrogen and oxygen atoms in total. The summed E-state index contributed by atoms with van der Waals surface area (Å²) < 4.78 is 5.96. The van der Waals surface area contributed by atoms with Crippen molar-refractivity contribution in [1.29, 1.82) is 0 Å². The molecule has 0 aliphatic heterocycles. The average molecular weight is 314 g/mol. The van der Waals surface area contributed by atoms with Crippen LogP contribution in [-0.2, 0) is 11.3 Å². The Morgan fingerprint density at radius 1 is 1.22 bits per heavy atom. The maximum atomic E-state index is 11.8. The zero-order chi connectivity index (χ0) is 17.0. The van der Waals surface area contributed by atoms with Gasteiger partial charge in [-0.05, 0) is 44.9 Å². The molecular weight excluding hydrogens is 292 g/mol. The Kier molecular flexibility index (Phi) is 5.01. The number of hydrogen-bond acceptors (Lipinski definition) is 4. The highest BCUT2D eigenvalue weighted by atomic mass is 16.5. The highest BCUT2D eigenvalue weighted by Crippen LogP contribution is 2.29. The van der Waals surface area contributed by atoms with Crippen LogP contribution >= 0.6 is 0 Å². The lowest BCUT2D eigenvalue weighted by Crippen LogP contribution is -2.41. The lowest BCUT2D eigenvalue weighted by atomic mass is 10.1. The van der Waals surface area contributed by atoms with Crippen molar-refractivity contribution < 1.29 is 14.6 Å². The number of para-hydroxylation sites is 1. The van der Waals surface area contributed by atoms with Gasteiger partial charge >= 0.3 is 0 Å². The molecule has 1 heterocycles. The topological polar surface area (TPSA) is 71.5 Å². The summed E-state index contributed by atoms with van der Waals surface area (Å²) in [5.41, 5.74) is 1.35. The van der Waals surface area contributed by atoms with Crippen LogP contribution in [0.4, 0.5) is 0 Å². The van der Waals surface area contributed by atoms with Gasteiger partial charge in [0.15, 0.2) is 0 Å². The number of carbonyl (C=O) groups is 1. The van der Waals surface area contributed by atoms with Crippen LogP contribution in [0.15, 0.2) is 36.5 Å². The van der Waals surface area contributed by atoms with Crippen molar-refractivity contribution in [3.63, 3.8) is 0 Å². The fraction of sp³-hybridized carbons (Fsp3) is 0.333. The Bertz CT molecular complexity index is 685. The van der Waals surface area contributed by atoms with Crippen LogP contribution in [0.1, 0.15) is 30.5 Å². The van der Waals surface area contributed by atoms with E-state index in [2.05, 4.69) is 10.3 Å². The van der Waals surface area contributed by atoms with Gasteiger partial charge in [0, 0.05) is 18.3 Å². The van der Waals surface area contributed by atoms with Crippen molar-refractivity contribution in [2.24, 2.45) is 0 Å². The number of ether oxygens (including phenoxy) is 1. The van der Waals surface area contributed by atoms with Gasteiger partial charge in [-0.25, -0.2) is 4.98 Å². The van der Waals surface area contributed by atoms with Crippen LogP contribution < -0.4 is 10.1 Å². The van der Waals surface area contributed by atoms with Crippen LogP contribution in [0.2, 0.25) is 0 Å². The van der Waals surface area contributed by atoms with Gasteiger partial charge in [0.05, 0.1) is 0 Å². The molecule has 0 fully saturated rings. The number of amides is 1. The summed E-state index contributed by atoms with van der Waals surface area (Å²) in [4.78, 5) is 16.1. The molecule has 1 aromatic heterocycles. The maximum Gasteiger partial charge on any atom is 0.251 e. The second kappa shape index (κ2) is 6.79. The van der Waals surface area contributed by atoms with Crippen LogP contribution in [0.5, 0.6) is 11.6 Å². The monoisotopic (exact) mass is 314 g/mol. The van der Waals surface area contributed by atoms with E-state index in [4.69, 9.17) is 4.74 Å². The third-order valence-corrected chi connectivity index (χ3v) is 3.45. The molecule has 0 spiro atoms. The number of nitrogens with one attached hydrogen (secondary N) is 1. The highest BCUT2D eigenvalue weighted by Gasteiger charge is 2.23. The number of rotatable bonds is 5. The van der Waals surface area contributed by atoms with E-state index in [1.165, 1.54) is 13.8 Å². The summed E-state index contributed by atoms with van der Waals surface area (Å²) in [6.45, 7) is 7.07. The minimum Gasteiger partial charge on any atom is -0.438 e. The van der Waals surface area contributed by atoms with E-state index in [1.807, 2.05) is 38.1 Å². The number of carbonyl (C=O) groups excluding carboxylic acids is 1. The summed E-state index contributed by atoms with van der Waals surface area (Å²) in [5, 5.41) is 12.4. The van der Waals surface area contributed by atoms with Crippen LogP contribution in [0.3, 0.4) is 0 Å². The third kappa shape index (κ3) is 4.29. The van der Waals surface area contributed by atoms with Gasteiger partial charge in [0.25, 0.3) is 5.91 Å². The first-order valence-electron chi connectivity index (χ1n) is 7.47. The number of aromatic nitrogens is 1. The second-order valence-electron chi connectivity index (χ2n) is 6.03. The maximum absolute atomic E-state index is 11.8. The lowest BCUT2D eigenvalue weighted by Gasteiger charge is -2.18. The SMILES string of the molecule is Cc1cccc(C)c1Oc1ncccc1CNC(=O)C(C)(C)O. The van der Waals surface area contributed by atoms with E-state index in [0.717, 1.165) is 22.4 Å². The van der Waals surface area contributed by atoms with Crippen LogP contribution in [-0.4, -0.2) is 21.6 Å². The number of nitrogens with zero attached hydrogens (tertiary/aromatic N) is 1. The zero-order valence-electron chi connectivity index (χ0n) is 13.9. The molecule has 0 aliphatic carbocycles. The Labute approximate surface area is 136 Å². The van der Waals surface area contributed by atoms with E-state index >= 15 is 0 Å². The predicted octanol–water partition coefficient (Wildman–Crippen LogP) is 2.88. The molecule has 2 aromatic rings. The molecule has 2 rings (SSSR count). The van der Waals surface area contributed by atoms with Gasteiger partial charge < -0.3 is 15.2 Å². The van der Waals surface area contributed by atoms with Gasteiger partial charge in [-0.2, -0.15) is 0 Å². The molecule has 1 aromatic carbocycles. The van der Waals surface area contributed by atoms with E-state index in [9.17, 15) is 9.90 Å². The van der Waals surface area contributed by atoms with Crippen LogP contribution in [0, 0.1) is 13.8 Å². The summed E-state index contributed by atoms with van der Waals surface area (Å²) in [5.74, 6) is 0.765. The molecule has 2 N–H and O–H groups in total. The van der Waals surface area contributed by atoms with Crippen molar-refractivity contribution in [2.75, 3.05) is 0 Å². The van der Waals surface area contributed by atoms with Gasteiger partial charge in [-0.1, -0.05) is 24.3 Å². The number of aliphatic hydroxyl groups is 1. The van der Waals surface area contributed by atoms with E-state index < -0.39 is 11.5 Å². The summed E-state index contributed by atoms with van der Waals surface area (Å²) >= 11 is 0. The summed E-state index contributed by atoms with van der Waals surface area (Å²) in [6, 6.07) is 9.53. The van der Waals surface area contributed by atoms with Crippen molar-refractivity contribution in [3.8, 4) is 11.6 Å². The molecule has 1 amide bonds. The number of pyridine rings is 1. The summed E-state index contributed by atoms with van der Waals surface area (Å²) in [7, 11) is 0. The first kappa shape index (κ1) is 17.0. The molecule has 0 aliphatic rings. The molecular formula is C18H22N2O3. The normalized spacial score (nSPS) is 11.2. The first-order chi connectivity index (χ1) is 10.8. The molecule has 0 bridgehead atoms. The minimum absolute atomic E-state index is 0.233. The molecule has 23 heavy (non-hydrogen) atoms. The van der Waals surface area contributed by atoms with Crippen LogP contribution in [0.25, 0.3) is 0 Å². The second-order valence-corrected chi connectivity index (χ2v) is 6.03. The smallest absolute Gasteiger partial charge is 0.251 e. The number of benzene rings is 1. The summed E-state index contributed by atoms with van der Waals surface area (Å²) in [6.07, 6.45) is 1.64. The van der Waals surface area contributed by atoms with E-state index in [0.29, 0.717) is 5.88 Å². The van der Waals surface area contributed by atoms with Gasteiger partial charge in [-0.3, -0.25) is 4.79 Å². The average Bonchev–Trinajstić information content (AvgIpc) is 2.48. The number of hydrogen-bond donors (Lipinski definition) is 2. The Hall–Kier alpha value is -2.40. The molecule has 0 unspecified atom stereocenters. The van der Waals surface area contributed by atoms with E-state index in [1.54, 1.807) is 12.3 Å². The molecule has 0 saturated heterocycles. The van der Waals surface area contributed by atoms with Crippen molar-refractivity contribution in [1.82, 2.24) is 10.3 Å². The predicted molar refractivity (Wildman–Crippen MR) is 88.4 cm³/mol. The van der Waals surface area contributed by atoms with Crippen molar-refractivity contribution in [2.45, 2.75) is 39.8 Å². The molecule has 122 valence electrons. The molecule has 0 atom stereocenters. The fourth-order valence-electron chi connectivity index (χ4n) is 2.10. The minimum atomic E-state index is -1.42. The van der Waals surface area contributed by atoms with Gasteiger partial charge in [0.2, 0.25) is 5.88 Å². The Balaban J connectivity index is 2.20. The number of aryl methyl sites for hydroxylation is 2. The third-order valence-electron chi connectivity index (χ3n) is 3.45. The van der Waals surface area contributed by atoms with Gasteiger partial charge in [-0.15, -0.1) is 0 Å². The van der Waals surface area contributed by atoms with Crippen molar-refractivity contribution in [3.05, 3.63) is 53.2 Å². The van der Waals surface area contributed by atoms with Gasteiger partial charge in [0.1, 0.15) is 11.4 Å².